The number of fused-ring (bicyclic) bond motifs is 7. The van der Waals surface area contributed by atoms with Crippen LogP contribution < -0.4 is 0 Å². The summed E-state index contributed by atoms with van der Waals surface area (Å²) in [5.41, 5.74) is 9.10. The third-order valence-electron chi connectivity index (χ3n) is 10.2. The lowest BCUT2D eigenvalue weighted by molar-refractivity contribution is 0.651. The molecule has 0 aliphatic carbocycles. The van der Waals surface area contributed by atoms with Crippen LogP contribution in [0.5, 0.6) is 0 Å². The smallest absolute Gasteiger partial charge is 0.238 e. The molecule has 5 heteroatoms. The van der Waals surface area contributed by atoms with Crippen LogP contribution in [0.15, 0.2) is 138 Å². The number of rotatable bonds is 2. The molecule has 5 nitrogen and oxygen atoms in total. The van der Waals surface area contributed by atoms with E-state index in [1.165, 1.54) is 59.6 Å². The minimum Gasteiger partial charge on any atom is -0.437 e. The molecule has 0 saturated carbocycles. The fraction of sp³-hybridized carbons (Fsp3) is 0. The van der Waals surface area contributed by atoms with Gasteiger partial charge in [-0.3, -0.25) is 4.57 Å². The van der Waals surface area contributed by atoms with Crippen molar-refractivity contribution in [2.24, 2.45) is 0 Å². The molecular formula is C42H22N4O. The SMILES string of the molecule is c1ccc(-c2nc(-n3c4ccc5cccc6c5c4c4c5c(ccc7c8ccccc8n6c75)ccc43)nc3oc4ccccc4c23)cc1. The minimum atomic E-state index is 0.585. The van der Waals surface area contributed by atoms with E-state index in [2.05, 4.69) is 118 Å². The third kappa shape index (κ3) is 2.82. The normalized spacial score (nSPS) is 12.7. The lowest BCUT2D eigenvalue weighted by Gasteiger charge is -2.11. The molecule has 0 saturated heterocycles. The highest BCUT2D eigenvalue weighted by Gasteiger charge is 2.26. The first-order valence-electron chi connectivity index (χ1n) is 15.9. The summed E-state index contributed by atoms with van der Waals surface area (Å²) in [5, 5.41) is 11.9. The Labute approximate surface area is 266 Å². The van der Waals surface area contributed by atoms with Crippen LogP contribution in [0.1, 0.15) is 0 Å². The Balaban J connectivity index is 1.34. The van der Waals surface area contributed by atoms with Gasteiger partial charge in [-0.25, -0.2) is 4.98 Å². The second-order valence-corrected chi connectivity index (χ2v) is 12.6. The maximum atomic E-state index is 6.45. The average Bonchev–Trinajstić information content (AvgIpc) is 3.76. The van der Waals surface area contributed by atoms with Gasteiger partial charge in [-0.2, -0.15) is 4.98 Å². The quantitative estimate of drug-likeness (QED) is 0.199. The molecule has 0 N–H and O–H groups in total. The van der Waals surface area contributed by atoms with Crippen molar-refractivity contribution in [1.82, 2.24) is 18.9 Å². The summed E-state index contributed by atoms with van der Waals surface area (Å²) in [6.07, 6.45) is 0. The molecule has 0 fully saturated rings. The largest absolute Gasteiger partial charge is 0.437 e. The zero-order chi connectivity index (χ0) is 30.4. The van der Waals surface area contributed by atoms with Crippen LogP contribution in [0.3, 0.4) is 0 Å². The maximum Gasteiger partial charge on any atom is 0.238 e. The first-order valence-corrected chi connectivity index (χ1v) is 15.9. The average molecular weight is 599 g/mol. The molecule has 5 heterocycles. The van der Waals surface area contributed by atoms with E-state index in [-0.39, 0.29) is 0 Å². The summed E-state index contributed by atoms with van der Waals surface area (Å²) in [6, 6.07) is 47.5. The lowest BCUT2D eigenvalue weighted by Crippen LogP contribution is -2.03. The fourth-order valence-electron chi connectivity index (χ4n) is 8.38. The lowest BCUT2D eigenvalue weighted by atomic mass is 9.98. The van der Waals surface area contributed by atoms with Crippen LogP contribution >= 0.6 is 0 Å². The molecule has 216 valence electrons. The molecule has 0 unspecified atom stereocenters. The van der Waals surface area contributed by atoms with E-state index in [0.717, 1.165) is 38.6 Å². The highest BCUT2D eigenvalue weighted by molar-refractivity contribution is 6.37. The van der Waals surface area contributed by atoms with Gasteiger partial charge < -0.3 is 8.82 Å². The van der Waals surface area contributed by atoms with Crippen molar-refractivity contribution in [3.05, 3.63) is 133 Å². The molecule has 0 radical (unpaired) electrons. The van der Waals surface area contributed by atoms with E-state index in [4.69, 9.17) is 14.4 Å². The van der Waals surface area contributed by atoms with E-state index in [9.17, 15) is 0 Å². The van der Waals surface area contributed by atoms with Crippen LogP contribution in [0.4, 0.5) is 0 Å². The van der Waals surface area contributed by atoms with Crippen LogP contribution in [0.2, 0.25) is 0 Å². The minimum absolute atomic E-state index is 0.585. The van der Waals surface area contributed by atoms with Gasteiger partial charge in [0.25, 0.3) is 0 Å². The number of hydrogen-bond donors (Lipinski definition) is 0. The zero-order valence-corrected chi connectivity index (χ0v) is 24.9. The summed E-state index contributed by atoms with van der Waals surface area (Å²) in [6.45, 7) is 0. The fourth-order valence-corrected chi connectivity index (χ4v) is 8.38. The molecule has 12 aromatic rings. The monoisotopic (exact) mass is 598 g/mol. The van der Waals surface area contributed by atoms with Crippen molar-refractivity contribution in [2.75, 3.05) is 0 Å². The molecule has 5 aromatic heterocycles. The number of aromatic nitrogens is 4. The van der Waals surface area contributed by atoms with Crippen molar-refractivity contribution in [3.63, 3.8) is 0 Å². The molecular weight excluding hydrogens is 576 g/mol. The Kier molecular flexibility index (Phi) is 4.17. The topological polar surface area (TPSA) is 48.3 Å². The van der Waals surface area contributed by atoms with Crippen molar-refractivity contribution in [3.8, 4) is 17.2 Å². The van der Waals surface area contributed by atoms with Crippen molar-refractivity contribution < 1.29 is 4.42 Å². The molecule has 47 heavy (non-hydrogen) atoms. The molecule has 0 aliphatic heterocycles. The Bertz CT molecular complexity index is 3240. The number of para-hydroxylation sites is 2. The van der Waals surface area contributed by atoms with Crippen molar-refractivity contribution >= 4 is 92.7 Å². The number of nitrogens with zero attached hydrogens (tertiary/aromatic N) is 4. The van der Waals surface area contributed by atoms with Gasteiger partial charge >= 0.3 is 0 Å². The number of benzene rings is 7. The van der Waals surface area contributed by atoms with Gasteiger partial charge in [0.1, 0.15) is 5.58 Å². The molecule has 12 rings (SSSR count). The summed E-state index contributed by atoms with van der Waals surface area (Å²) >= 11 is 0. The highest BCUT2D eigenvalue weighted by atomic mass is 16.3. The van der Waals surface area contributed by atoms with Gasteiger partial charge in [-0.1, -0.05) is 103 Å². The number of furan rings is 1. The number of hydrogen-bond acceptors (Lipinski definition) is 3. The van der Waals surface area contributed by atoms with Crippen LogP contribution in [0.25, 0.3) is 110 Å². The molecule has 0 aliphatic rings. The van der Waals surface area contributed by atoms with Gasteiger partial charge in [0.2, 0.25) is 11.7 Å². The first-order chi connectivity index (χ1) is 23.3. The van der Waals surface area contributed by atoms with Crippen molar-refractivity contribution in [1.29, 1.82) is 0 Å². The van der Waals surface area contributed by atoms with Crippen LogP contribution in [-0.4, -0.2) is 18.9 Å². The Morgan fingerprint density at radius 3 is 2.02 bits per heavy atom. The Morgan fingerprint density at radius 1 is 0.447 bits per heavy atom. The maximum absolute atomic E-state index is 6.45. The van der Waals surface area contributed by atoms with Crippen LogP contribution in [0, 0.1) is 0 Å². The standard InChI is InChI=1S/C42H22N4O/c1-2-9-25(10-3-1)39-36-28-13-5-7-16-33(28)47-41(36)44-42(43-39)46-31-21-18-23-11-8-15-30-34(23)37(31)38-32(46)22-19-24-17-20-27-26-12-4-6-14-29(26)45(30)40(27)35(24)38/h1-22H. The van der Waals surface area contributed by atoms with E-state index in [1.807, 2.05) is 24.3 Å². The second-order valence-electron chi connectivity index (χ2n) is 12.6. The Hall–Kier alpha value is -6.46. The van der Waals surface area contributed by atoms with Crippen molar-refractivity contribution in [2.45, 2.75) is 0 Å². The van der Waals surface area contributed by atoms with E-state index >= 15 is 0 Å². The predicted octanol–water partition coefficient (Wildman–Crippen LogP) is 10.9. The predicted molar refractivity (Wildman–Crippen MR) is 192 cm³/mol. The van der Waals surface area contributed by atoms with Gasteiger partial charge in [0.15, 0.2) is 0 Å². The molecule has 0 spiro atoms. The molecule has 0 amide bonds. The summed E-state index contributed by atoms with van der Waals surface area (Å²) in [7, 11) is 0. The first kappa shape index (κ1) is 23.9. The molecule has 0 atom stereocenters. The van der Waals surface area contributed by atoms with Crippen LogP contribution in [-0.2, 0) is 0 Å². The van der Waals surface area contributed by atoms with Gasteiger partial charge in [-0.15, -0.1) is 0 Å². The van der Waals surface area contributed by atoms with E-state index < -0.39 is 0 Å². The third-order valence-corrected chi connectivity index (χ3v) is 10.2. The zero-order valence-electron chi connectivity index (χ0n) is 24.9. The molecule has 7 aromatic carbocycles. The van der Waals surface area contributed by atoms with E-state index in [0.29, 0.717) is 11.7 Å². The molecule has 0 bridgehead atoms. The van der Waals surface area contributed by atoms with Gasteiger partial charge in [0.05, 0.1) is 38.7 Å². The van der Waals surface area contributed by atoms with Gasteiger partial charge in [-0.05, 0) is 41.1 Å². The summed E-state index contributed by atoms with van der Waals surface area (Å²) < 4.78 is 11.2. The summed E-state index contributed by atoms with van der Waals surface area (Å²) in [5.74, 6) is 0.597. The Morgan fingerprint density at radius 2 is 1.15 bits per heavy atom. The van der Waals surface area contributed by atoms with E-state index in [1.54, 1.807) is 0 Å². The van der Waals surface area contributed by atoms with Gasteiger partial charge in [0, 0.05) is 43.3 Å². The second kappa shape index (κ2) is 8.22. The summed E-state index contributed by atoms with van der Waals surface area (Å²) in [4.78, 5) is 10.6. The highest BCUT2D eigenvalue weighted by Crippen LogP contribution is 2.47.